The molecule has 0 fully saturated rings. The molecule has 1 atom stereocenters. The van der Waals surface area contributed by atoms with E-state index in [9.17, 15) is 4.79 Å². The van der Waals surface area contributed by atoms with E-state index in [1.807, 2.05) is 13.8 Å². The van der Waals surface area contributed by atoms with Crippen LogP contribution in [0, 0.1) is 0 Å². The first-order valence-electron chi connectivity index (χ1n) is 9.14. The summed E-state index contributed by atoms with van der Waals surface area (Å²) in [5.74, 6) is 1.05. The molecule has 1 unspecified atom stereocenters. The van der Waals surface area contributed by atoms with E-state index in [1.54, 1.807) is 11.2 Å². The van der Waals surface area contributed by atoms with Gasteiger partial charge in [0.2, 0.25) is 0 Å². The third kappa shape index (κ3) is 11.3. The number of rotatable bonds is 16. The predicted molar refractivity (Wildman–Crippen MR) is 101 cm³/mol. The van der Waals surface area contributed by atoms with Crippen molar-refractivity contribution in [2.24, 2.45) is 0 Å². The molecule has 0 saturated carbocycles. The van der Waals surface area contributed by atoms with Crippen molar-refractivity contribution in [3.05, 3.63) is 0 Å². The first-order valence-corrected chi connectivity index (χ1v) is 12.6. The standard InChI is InChI=1S/C17H36O4SSi/c1-6-10-11-13-17(18)14-15-22-23(19-8-3,20-9-4)21-16(5)12-7-2/h16H,6-15H2,1-5H3. The maximum absolute atomic E-state index is 11.9. The Hall–Kier alpha value is 0.117. The van der Waals surface area contributed by atoms with Crippen molar-refractivity contribution in [1.29, 1.82) is 0 Å². The zero-order valence-corrected chi connectivity index (χ0v) is 17.5. The maximum atomic E-state index is 11.9. The fourth-order valence-electron chi connectivity index (χ4n) is 2.28. The smallest absolute Gasteiger partial charge is 0.366 e. The fourth-order valence-corrected chi connectivity index (χ4v) is 7.59. The van der Waals surface area contributed by atoms with E-state index in [2.05, 4.69) is 20.8 Å². The lowest BCUT2D eigenvalue weighted by Gasteiger charge is -2.30. The van der Waals surface area contributed by atoms with Crippen LogP contribution in [0.1, 0.15) is 79.6 Å². The monoisotopic (exact) mass is 364 g/mol. The third-order valence-electron chi connectivity index (χ3n) is 3.40. The van der Waals surface area contributed by atoms with Gasteiger partial charge in [-0.25, -0.2) is 0 Å². The van der Waals surface area contributed by atoms with E-state index in [1.165, 1.54) is 0 Å². The highest BCUT2D eigenvalue weighted by molar-refractivity contribution is 8.26. The zero-order valence-electron chi connectivity index (χ0n) is 15.7. The van der Waals surface area contributed by atoms with Gasteiger partial charge in [-0.1, -0.05) is 44.3 Å². The van der Waals surface area contributed by atoms with Crippen LogP contribution in [-0.2, 0) is 18.1 Å². The van der Waals surface area contributed by atoms with Crippen LogP contribution >= 0.6 is 11.2 Å². The van der Waals surface area contributed by atoms with Crippen LogP contribution < -0.4 is 0 Å². The Morgan fingerprint density at radius 2 is 1.65 bits per heavy atom. The van der Waals surface area contributed by atoms with Crippen molar-refractivity contribution in [3.63, 3.8) is 0 Å². The molecule has 4 nitrogen and oxygen atoms in total. The van der Waals surface area contributed by atoms with Crippen molar-refractivity contribution in [1.82, 2.24) is 0 Å². The van der Waals surface area contributed by atoms with Crippen LogP contribution in [0.25, 0.3) is 0 Å². The van der Waals surface area contributed by atoms with Crippen LogP contribution in [0.5, 0.6) is 0 Å². The van der Waals surface area contributed by atoms with Gasteiger partial charge in [-0.15, -0.1) is 0 Å². The Morgan fingerprint density at radius 3 is 2.17 bits per heavy atom. The number of ketones is 1. The molecule has 0 aliphatic heterocycles. The van der Waals surface area contributed by atoms with E-state index in [4.69, 9.17) is 13.3 Å². The van der Waals surface area contributed by atoms with Crippen LogP contribution in [0.15, 0.2) is 0 Å². The zero-order chi connectivity index (χ0) is 17.6. The van der Waals surface area contributed by atoms with Crippen molar-refractivity contribution >= 4 is 24.9 Å². The Kier molecular flexibility index (Phi) is 14.5. The van der Waals surface area contributed by atoms with E-state index >= 15 is 0 Å². The molecule has 0 amide bonds. The number of carbonyl (C=O) groups excluding carboxylic acids is 1. The Balaban J connectivity index is 4.46. The SMILES string of the molecule is CCCCCC(=O)CCS[Si](OCC)(OCC)OC(C)CCC. The van der Waals surface area contributed by atoms with Crippen LogP contribution in [-0.4, -0.2) is 38.8 Å². The van der Waals surface area contributed by atoms with Crippen LogP contribution in [0.3, 0.4) is 0 Å². The molecule has 0 spiro atoms. The lowest BCUT2D eigenvalue weighted by molar-refractivity contribution is -0.118. The molecule has 138 valence electrons. The highest BCUT2D eigenvalue weighted by atomic mass is 32.4. The normalized spacial score (nSPS) is 13.3. The summed E-state index contributed by atoms with van der Waals surface area (Å²) in [6.07, 6.45) is 6.74. The Morgan fingerprint density at radius 1 is 1.00 bits per heavy atom. The van der Waals surface area contributed by atoms with Gasteiger partial charge < -0.3 is 13.3 Å². The molecule has 0 saturated heterocycles. The largest absolute Gasteiger partial charge is 0.573 e. The van der Waals surface area contributed by atoms with Crippen LogP contribution in [0.2, 0.25) is 0 Å². The number of hydrogen-bond donors (Lipinski definition) is 0. The lowest BCUT2D eigenvalue weighted by Crippen LogP contribution is -2.45. The lowest BCUT2D eigenvalue weighted by atomic mass is 10.1. The van der Waals surface area contributed by atoms with Gasteiger partial charge >= 0.3 is 7.95 Å². The highest BCUT2D eigenvalue weighted by Gasteiger charge is 2.43. The number of carbonyl (C=O) groups is 1. The number of Topliss-reactive ketones (excluding diaryl/α,β-unsaturated/α-hetero) is 1. The summed E-state index contributed by atoms with van der Waals surface area (Å²) in [7, 11) is -2.74. The second kappa shape index (κ2) is 14.5. The summed E-state index contributed by atoms with van der Waals surface area (Å²) in [6.45, 7) is 11.4. The molecule has 0 aromatic carbocycles. The van der Waals surface area contributed by atoms with Gasteiger partial charge in [0.05, 0.1) is 0 Å². The molecule has 0 N–H and O–H groups in total. The quantitative estimate of drug-likeness (QED) is 0.286. The molecule has 0 aromatic rings. The van der Waals surface area contributed by atoms with Gasteiger partial charge in [0.15, 0.2) is 0 Å². The van der Waals surface area contributed by atoms with Crippen molar-refractivity contribution in [2.45, 2.75) is 85.7 Å². The minimum Gasteiger partial charge on any atom is -0.366 e. The maximum Gasteiger partial charge on any atom is 0.573 e. The molecule has 0 aliphatic rings. The van der Waals surface area contributed by atoms with Gasteiger partial charge in [0.25, 0.3) is 0 Å². The number of unbranched alkanes of at least 4 members (excludes halogenated alkanes) is 2. The Bertz CT molecular complexity index is 296. The van der Waals surface area contributed by atoms with E-state index in [-0.39, 0.29) is 6.10 Å². The molecule has 0 radical (unpaired) electrons. The molecule has 0 aromatic heterocycles. The fraction of sp³-hybridized carbons (Fsp3) is 0.941. The third-order valence-corrected chi connectivity index (χ3v) is 8.81. The Labute approximate surface area is 148 Å². The first-order chi connectivity index (χ1) is 11.0. The minimum atomic E-state index is -2.74. The minimum absolute atomic E-state index is 0.123. The molecular formula is C17H36O4SSi. The first kappa shape index (κ1) is 23.1. The summed E-state index contributed by atoms with van der Waals surface area (Å²) in [5, 5.41) is 0. The molecule has 23 heavy (non-hydrogen) atoms. The van der Waals surface area contributed by atoms with Gasteiger partial charge in [0, 0.05) is 37.9 Å². The number of hydrogen-bond acceptors (Lipinski definition) is 5. The second-order valence-corrected chi connectivity index (χ2v) is 10.6. The summed E-state index contributed by atoms with van der Waals surface area (Å²) >= 11 is 1.59. The van der Waals surface area contributed by atoms with E-state index < -0.39 is 7.95 Å². The topological polar surface area (TPSA) is 44.8 Å². The predicted octanol–water partition coefficient (Wildman–Crippen LogP) is 4.97. The average molecular weight is 365 g/mol. The molecule has 6 heteroatoms. The summed E-state index contributed by atoms with van der Waals surface area (Å²) in [6, 6.07) is 0. The summed E-state index contributed by atoms with van der Waals surface area (Å²) in [5.41, 5.74) is 0. The summed E-state index contributed by atoms with van der Waals surface area (Å²) in [4.78, 5) is 11.9. The summed E-state index contributed by atoms with van der Waals surface area (Å²) < 4.78 is 18.0. The molecule has 0 aliphatic carbocycles. The highest BCUT2D eigenvalue weighted by Crippen LogP contribution is 2.28. The van der Waals surface area contributed by atoms with Crippen LogP contribution in [0.4, 0.5) is 0 Å². The second-order valence-electron chi connectivity index (χ2n) is 5.68. The van der Waals surface area contributed by atoms with E-state index in [0.29, 0.717) is 31.8 Å². The molecule has 0 rings (SSSR count). The van der Waals surface area contributed by atoms with Gasteiger partial charge in [-0.3, -0.25) is 4.79 Å². The molecule has 0 heterocycles. The van der Waals surface area contributed by atoms with E-state index in [0.717, 1.165) is 37.9 Å². The molecular weight excluding hydrogens is 328 g/mol. The van der Waals surface area contributed by atoms with Gasteiger partial charge in [0.1, 0.15) is 5.78 Å². The molecule has 0 bridgehead atoms. The average Bonchev–Trinajstić information content (AvgIpc) is 2.48. The van der Waals surface area contributed by atoms with Gasteiger partial charge in [-0.2, -0.15) is 0 Å². The van der Waals surface area contributed by atoms with Crippen molar-refractivity contribution in [2.75, 3.05) is 19.0 Å². The van der Waals surface area contributed by atoms with Crippen molar-refractivity contribution < 1.29 is 18.1 Å². The van der Waals surface area contributed by atoms with Gasteiger partial charge in [-0.05, 0) is 33.6 Å². The van der Waals surface area contributed by atoms with Crippen molar-refractivity contribution in [3.8, 4) is 0 Å².